The van der Waals surface area contributed by atoms with Gasteiger partial charge in [-0.3, -0.25) is 9.59 Å². The smallest absolute Gasteiger partial charge is 0.246 e. The van der Waals surface area contributed by atoms with Gasteiger partial charge in [0.05, 0.1) is 11.0 Å². The Hall–Kier alpha value is -4.33. The van der Waals surface area contributed by atoms with Gasteiger partial charge in [-0.05, 0) is 36.4 Å². The monoisotopic (exact) mass is 468 g/mol. The van der Waals surface area contributed by atoms with Crippen LogP contribution in [0, 0.1) is 0 Å². The van der Waals surface area contributed by atoms with E-state index in [4.69, 9.17) is 14.5 Å². The van der Waals surface area contributed by atoms with Gasteiger partial charge in [0.2, 0.25) is 18.6 Å². The summed E-state index contributed by atoms with van der Waals surface area (Å²) in [5, 5.41) is 0. The first-order chi connectivity index (χ1) is 17.1. The number of aromatic nitrogens is 2. The van der Waals surface area contributed by atoms with Gasteiger partial charge < -0.3 is 23.8 Å². The molecule has 0 saturated carbocycles. The molecule has 35 heavy (non-hydrogen) atoms. The Labute approximate surface area is 202 Å². The molecule has 0 spiro atoms. The highest BCUT2D eigenvalue weighted by Gasteiger charge is 2.36. The zero-order chi connectivity index (χ0) is 23.9. The second-order valence-corrected chi connectivity index (χ2v) is 8.78. The van der Waals surface area contributed by atoms with E-state index in [1.165, 1.54) is 0 Å². The lowest BCUT2D eigenvalue weighted by Gasteiger charge is -2.20. The van der Waals surface area contributed by atoms with Crippen molar-refractivity contribution < 1.29 is 19.1 Å². The van der Waals surface area contributed by atoms with Gasteiger partial charge in [0, 0.05) is 43.4 Å². The third-order valence-corrected chi connectivity index (χ3v) is 6.65. The maximum absolute atomic E-state index is 13.3. The normalized spacial score (nSPS) is 16.8. The Kier molecular flexibility index (Phi) is 5.13. The van der Waals surface area contributed by atoms with Crippen molar-refractivity contribution in [2.45, 2.75) is 18.9 Å². The molecule has 8 heteroatoms. The van der Waals surface area contributed by atoms with Crippen LogP contribution in [0.25, 0.3) is 11.0 Å². The van der Waals surface area contributed by atoms with Gasteiger partial charge in [0.25, 0.3) is 0 Å². The molecule has 176 valence electrons. The van der Waals surface area contributed by atoms with Crippen molar-refractivity contribution in [3.63, 3.8) is 0 Å². The summed E-state index contributed by atoms with van der Waals surface area (Å²) in [5.74, 6) is 1.88. The van der Waals surface area contributed by atoms with Gasteiger partial charge in [0.1, 0.15) is 12.4 Å². The molecule has 1 atom stereocenters. The van der Waals surface area contributed by atoms with Crippen molar-refractivity contribution in [3.05, 3.63) is 78.6 Å². The predicted octanol–water partition coefficient (Wildman–Crippen LogP) is 3.95. The second-order valence-electron chi connectivity index (χ2n) is 8.78. The molecule has 1 aromatic heterocycles. The average molecular weight is 469 g/mol. The average Bonchev–Trinajstić information content (AvgIpc) is 3.60. The summed E-state index contributed by atoms with van der Waals surface area (Å²) in [6, 6.07) is 22.9. The third-order valence-electron chi connectivity index (χ3n) is 6.65. The van der Waals surface area contributed by atoms with E-state index in [-0.39, 0.29) is 31.1 Å². The van der Waals surface area contributed by atoms with Gasteiger partial charge in [-0.1, -0.05) is 30.3 Å². The fraction of sp³-hybridized carbons (Fsp3) is 0.222. The van der Waals surface area contributed by atoms with Crippen LogP contribution in [0.3, 0.4) is 0 Å². The number of anilines is 2. The van der Waals surface area contributed by atoms with Crippen LogP contribution in [0.1, 0.15) is 18.2 Å². The molecule has 4 aromatic rings. The summed E-state index contributed by atoms with van der Waals surface area (Å²) in [7, 11) is 1.77. The summed E-state index contributed by atoms with van der Waals surface area (Å²) in [6.45, 7) is 0.797. The van der Waals surface area contributed by atoms with E-state index in [1.54, 1.807) is 16.8 Å². The fourth-order valence-electron chi connectivity index (χ4n) is 4.79. The number of fused-ring (bicyclic) bond motifs is 2. The number of para-hydroxylation sites is 3. The number of benzene rings is 3. The molecule has 0 radical (unpaired) electrons. The highest BCUT2D eigenvalue weighted by Crippen LogP contribution is 2.39. The number of likely N-dealkylation sites (N-methyl/N-ethyl adjacent to an activating group) is 1. The number of carbonyl (C=O) groups excluding carboxylic acids is 2. The first kappa shape index (κ1) is 21.2. The minimum Gasteiger partial charge on any atom is -0.454 e. The Balaban J connectivity index is 1.31. The van der Waals surface area contributed by atoms with Crippen molar-refractivity contribution in [1.82, 2.24) is 9.55 Å². The zero-order valence-corrected chi connectivity index (χ0v) is 19.3. The number of ether oxygens (including phenoxy) is 2. The quantitative estimate of drug-likeness (QED) is 0.443. The van der Waals surface area contributed by atoms with E-state index in [0.29, 0.717) is 24.5 Å². The van der Waals surface area contributed by atoms with Crippen molar-refractivity contribution in [2.24, 2.45) is 0 Å². The molecular weight excluding hydrogens is 444 g/mol. The molecular formula is C27H24N4O4. The largest absolute Gasteiger partial charge is 0.454 e. The van der Waals surface area contributed by atoms with Crippen molar-refractivity contribution in [1.29, 1.82) is 0 Å². The Bertz CT molecular complexity index is 1430. The summed E-state index contributed by atoms with van der Waals surface area (Å²) < 4.78 is 12.8. The minimum absolute atomic E-state index is 0.0141. The molecule has 1 unspecified atom stereocenters. The summed E-state index contributed by atoms with van der Waals surface area (Å²) in [4.78, 5) is 34.6. The topological polar surface area (TPSA) is 76.9 Å². The number of carbonyl (C=O) groups is 2. The Morgan fingerprint density at radius 2 is 1.80 bits per heavy atom. The molecule has 3 heterocycles. The van der Waals surface area contributed by atoms with Crippen LogP contribution in [-0.4, -0.2) is 41.8 Å². The van der Waals surface area contributed by atoms with Crippen LogP contribution in [0.4, 0.5) is 11.4 Å². The van der Waals surface area contributed by atoms with E-state index in [1.807, 2.05) is 77.4 Å². The van der Waals surface area contributed by atoms with Gasteiger partial charge in [-0.2, -0.15) is 0 Å². The summed E-state index contributed by atoms with van der Waals surface area (Å²) in [6.07, 6.45) is 0.320. The number of imidazole rings is 1. The van der Waals surface area contributed by atoms with E-state index >= 15 is 0 Å². The predicted molar refractivity (Wildman–Crippen MR) is 132 cm³/mol. The molecule has 6 rings (SSSR count). The lowest BCUT2D eigenvalue weighted by atomic mass is 10.1. The number of hydrogen-bond acceptors (Lipinski definition) is 5. The van der Waals surface area contributed by atoms with Crippen LogP contribution >= 0.6 is 0 Å². The molecule has 2 aliphatic heterocycles. The van der Waals surface area contributed by atoms with Crippen LogP contribution < -0.4 is 19.3 Å². The molecule has 0 bridgehead atoms. The molecule has 0 N–H and O–H groups in total. The highest BCUT2D eigenvalue weighted by molar-refractivity contribution is 5.97. The van der Waals surface area contributed by atoms with E-state index in [9.17, 15) is 9.59 Å². The third kappa shape index (κ3) is 3.77. The minimum atomic E-state index is -0.143. The molecule has 1 saturated heterocycles. The summed E-state index contributed by atoms with van der Waals surface area (Å²) >= 11 is 0. The maximum atomic E-state index is 13.3. The van der Waals surface area contributed by atoms with E-state index in [2.05, 4.69) is 0 Å². The van der Waals surface area contributed by atoms with Gasteiger partial charge in [0.15, 0.2) is 11.5 Å². The molecule has 8 nitrogen and oxygen atoms in total. The highest BCUT2D eigenvalue weighted by atomic mass is 16.7. The lowest BCUT2D eigenvalue weighted by molar-refractivity contribution is -0.119. The second kappa shape index (κ2) is 8.47. The van der Waals surface area contributed by atoms with Crippen molar-refractivity contribution in [2.75, 3.05) is 30.2 Å². The summed E-state index contributed by atoms with van der Waals surface area (Å²) in [5.41, 5.74) is 3.29. The Morgan fingerprint density at radius 1 is 1.03 bits per heavy atom. The molecule has 1 fully saturated rings. The van der Waals surface area contributed by atoms with Gasteiger partial charge in [-0.25, -0.2) is 4.98 Å². The van der Waals surface area contributed by atoms with Crippen LogP contribution in [0.5, 0.6) is 11.5 Å². The van der Waals surface area contributed by atoms with E-state index < -0.39 is 0 Å². The van der Waals surface area contributed by atoms with Gasteiger partial charge >= 0.3 is 0 Å². The van der Waals surface area contributed by atoms with E-state index in [0.717, 1.165) is 28.2 Å². The number of nitrogens with zero attached hydrogens (tertiary/aromatic N) is 4. The maximum Gasteiger partial charge on any atom is 0.246 e. The standard InChI is InChI=1S/C27H24N4O4/c1-29(19-7-3-2-4-8-19)26(33)16-31-22-10-6-5-9-21(22)28-27(31)18-13-25(32)30(15-18)20-11-12-23-24(14-20)35-17-34-23/h2-12,14,18H,13,15-17H2,1H3. The first-order valence-electron chi connectivity index (χ1n) is 11.6. The lowest BCUT2D eigenvalue weighted by Crippen LogP contribution is -2.31. The molecule has 0 aliphatic carbocycles. The zero-order valence-electron chi connectivity index (χ0n) is 19.3. The van der Waals surface area contributed by atoms with Gasteiger partial charge in [-0.15, -0.1) is 0 Å². The van der Waals surface area contributed by atoms with Crippen LogP contribution in [-0.2, 0) is 16.1 Å². The number of hydrogen-bond donors (Lipinski definition) is 0. The van der Waals surface area contributed by atoms with Crippen LogP contribution in [0.2, 0.25) is 0 Å². The first-order valence-corrected chi connectivity index (χ1v) is 11.6. The molecule has 3 aromatic carbocycles. The molecule has 2 aliphatic rings. The molecule has 2 amide bonds. The van der Waals surface area contributed by atoms with Crippen molar-refractivity contribution in [3.8, 4) is 11.5 Å². The van der Waals surface area contributed by atoms with Crippen LogP contribution in [0.15, 0.2) is 72.8 Å². The van der Waals surface area contributed by atoms with Crippen molar-refractivity contribution >= 4 is 34.2 Å². The fourth-order valence-corrected chi connectivity index (χ4v) is 4.79. The number of amides is 2. The Morgan fingerprint density at radius 3 is 2.66 bits per heavy atom. The number of rotatable bonds is 5. The SMILES string of the molecule is CN(C(=O)Cn1c(C2CC(=O)N(c3ccc4c(c3)OCO4)C2)nc2ccccc21)c1ccccc1.